The number of carbonyl (C=O) groups is 1. The summed E-state index contributed by atoms with van der Waals surface area (Å²) in [6.45, 7) is 6.33. The van der Waals surface area contributed by atoms with Gasteiger partial charge in [-0.3, -0.25) is 10.9 Å². The molecular weight excluding hydrogens is 300 g/mol. The van der Waals surface area contributed by atoms with Crippen molar-refractivity contribution in [1.29, 1.82) is 0 Å². The lowest BCUT2D eigenvalue weighted by atomic mass is 9.97. The average molecular weight is 323 g/mol. The third-order valence-corrected chi connectivity index (χ3v) is 5.02. The minimum absolute atomic E-state index is 0.0110. The van der Waals surface area contributed by atoms with E-state index in [-0.39, 0.29) is 6.03 Å². The summed E-state index contributed by atoms with van der Waals surface area (Å²) in [5.41, 5.74) is 8.87. The molecule has 2 amide bonds. The lowest BCUT2D eigenvalue weighted by Crippen LogP contribution is -2.46. The number of nitrogens with one attached hydrogen (secondary N) is 3. The average Bonchev–Trinajstić information content (AvgIpc) is 2.83. The van der Waals surface area contributed by atoms with Gasteiger partial charge in [0.1, 0.15) is 0 Å². The highest BCUT2D eigenvalue weighted by atomic mass is 35.5. The topological polar surface area (TPSA) is 56.4 Å². The van der Waals surface area contributed by atoms with E-state index in [0.717, 1.165) is 23.6 Å². The van der Waals surface area contributed by atoms with Crippen LogP contribution < -0.4 is 16.2 Å². The summed E-state index contributed by atoms with van der Waals surface area (Å²) in [5.74, 6) is 0.399. The van der Waals surface area contributed by atoms with Crippen LogP contribution in [0.1, 0.15) is 25.0 Å². The van der Waals surface area contributed by atoms with E-state index in [1.165, 1.54) is 5.56 Å². The molecule has 0 radical (unpaired) electrons. The number of hydrazine groups is 1. The second kappa shape index (κ2) is 6.44. The third kappa shape index (κ3) is 3.21. The molecule has 2 heterocycles. The predicted molar refractivity (Wildman–Crippen MR) is 87.7 cm³/mol. The number of hydrogen-bond donors (Lipinski definition) is 3. The van der Waals surface area contributed by atoms with Crippen molar-refractivity contribution in [1.82, 2.24) is 21.1 Å². The summed E-state index contributed by atoms with van der Waals surface area (Å²) in [7, 11) is 0. The summed E-state index contributed by atoms with van der Waals surface area (Å²) in [6, 6.07) is 6.67. The van der Waals surface area contributed by atoms with Crippen LogP contribution in [0.3, 0.4) is 0 Å². The number of urea groups is 1. The van der Waals surface area contributed by atoms with Crippen molar-refractivity contribution in [2.75, 3.05) is 13.1 Å². The molecule has 0 bridgehead atoms. The van der Waals surface area contributed by atoms with E-state index in [2.05, 4.69) is 36.1 Å². The van der Waals surface area contributed by atoms with Gasteiger partial charge in [0.05, 0.1) is 0 Å². The molecule has 2 unspecified atom stereocenters. The number of carbonyl (C=O) groups excluding carboxylic acids is 1. The number of amides is 2. The van der Waals surface area contributed by atoms with E-state index >= 15 is 0 Å². The summed E-state index contributed by atoms with van der Waals surface area (Å²) < 4.78 is 0. The van der Waals surface area contributed by atoms with Crippen molar-refractivity contribution < 1.29 is 4.79 Å². The highest BCUT2D eigenvalue weighted by Gasteiger charge is 2.30. The molecule has 3 rings (SSSR count). The van der Waals surface area contributed by atoms with Crippen molar-refractivity contribution in [3.05, 3.63) is 34.3 Å². The van der Waals surface area contributed by atoms with E-state index in [1.807, 2.05) is 17.0 Å². The van der Waals surface area contributed by atoms with Crippen LogP contribution in [0.5, 0.6) is 0 Å². The van der Waals surface area contributed by atoms with Gasteiger partial charge in [0.2, 0.25) is 0 Å². The van der Waals surface area contributed by atoms with Gasteiger partial charge >= 0.3 is 6.03 Å². The fourth-order valence-corrected chi connectivity index (χ4v) is 3.47. The molecule has 6 heteroatoms. The Kier molecular flexibility index (Phi) is 4.57. The fraction of sp³-hybridized carbons (Fsp3) is 0.562. The first-order valence-electron chi connectivity index (χ1n) is 7.85. The summed E-state index contributed by atoms with van der Waals surface area (Å²) in [6.07, 6.45) is 0.888. The zero-order chi connectivity index (χ0) is 15.7. The highest BCUT2D eigenvalue weighted by Crippen LogP contribution is 2.22. The zero-order valence-electron chi connectivity index (χ0n) is 13.0. The molecule has 1 aromatic rings. The van der Waals surface area contributed by atoms with Crippen molar-refractivity contribution in [3.8, 4) is 0 Å². The third-order valence-electron chi connectivity index (χ3n) is 4.78. The second-order valence-electron chi connectivity index (χ2n) is 6.30. The largest absolute Gasteiger partial charge is 0.338 e. The predicted octanol–water partition coefficient (Wildman–Crippen LogP) is 1.91. The summed E-state index contributed by atoms with van der Waals surface area (Å²) in [4.78, 5) is 14.3. The number of nitrogens with zero attached hydrogens (tertiary/aromatic N) is 1. The SMILES string of the molecule is CC1NNC(C)C1CNC(=O)N1CCc2ccc(Cl)cc2C1. The van der Waals surface area contributed by atoms with Crippen LogP contribution in [0, 0.1) is 5.92 Å². The van der Waals surface area contributed by atoms with Gasteiger partial charge in [-0.1, -0.05) is 17.7 Å². The van der Waals surface area contributed by atoms with Crippen molar-refractivity contribution in [2.45, 2.75) is 38.9 Å². The maximum absolute atomic E-state index is 12.4. The van der Waals surface area contributed by atoms with Gasteiger partial charge in [-0.25, -0.2) is 4.79 Å². The quantitative estimate of drug-likeness (QED) is 0.779. The molecule has 5 nitrogen and oxygen atoms in total. The number of benzene rings is 1. The molecule has 1 aromatic carbocycles. The molecule has 2 aliphatic rings. The van der Waals surface area contributed by atoms with Crippen LogP contribution >= 0.6 is 11.6 Å². The van der Waals surface area contributed by atoms with Gasteiger partial charge in [0.15, 0.2) is 0 Å². The van der Waals surface area contributed by atoms with E-state index in [4.69, 9.17) is 11.6 Å². The summed E-state index contributed by atoms with van der Waals surface area (Å²) in [5, 5.41) is 3.80. The van der Waals surface area contributed by atoms with Gasteiger partial charge in [-0.15, -0.1) is 0 Å². The Balaban J connectivity index is 1.57. The molecule has 120 valence electrons. The lowest BCUT2D eigenvalue weighted by Gasteiger charge is -2.30. The minimum Gasteiger partial charge on any atom is -0.338 e. The zero-order valence-corrected chi connectivity index (χ0v) is 13.8. The van der Waals surface area contributed by atoms with Crippen LogP contribution in [0.2, 0.25) is 5.02 Å². The standard InChI is InChI=1S/C16H23ClN4O/c1-10-15(11(2)20-19-10)8-18-16(22)21-6-5-12-3-4-14(17)7-13(12)9-21/h3-4,7,10-11,15,19-20H,5-6,8-9H2,1-2H3,(H,18,22). The normalized spacial score (nSPS) is 27.6. The molecule has 2 atom stereocenters. The minimum atomic E-state index is 0.0110. The number of halogens is 1. The molecule has 22 heavy (non-hydrogen) atoms. The molecule has 0 saturated carbocycles. The Bertz CT molecular complexity index is 555. The van der Waals surface area contributed by atoms with E-state index in [0.29, 0.717) is 31.1 Å². The van der Waals surface area contributed by atoms with Gasteiger partial charge in [-0.05, 0) is 43.5 Å². The Hall–Kier alpha value is -1.30. The van der Waals surface area contributed by atoms with Crippen LogP contribution in [0.15, 0.2) is 18.2 Å². The molecule has 2 aliphatic heterocycles. The molecule has 3 N–H and O–H groups in total. The number of rotatable bonds is 2. The Morgan fingerprint density at radius 1 is 1.32 bits per heavy atom. The summed E-state index contributed by atoms with van der Waals surface area (Å²) >= 11 is 6.05. The first kappa shape index (κ1) is 15.6. The van der Waals surface area contributed by atoms with Gasteiger partial charge in [-0.2, -0.15) is 0 Å². The van der Waals surface area contributed by atoms with Crippen LogP contribution in [0.4, 0.5) is 4.79 Å². The maximum atomic E-state index is 12.4. The van der Waals surface area contributed by atoms with Gasteiger partial charge in [0, 0.05) is 42.7 Å². The monoisotopic (exact) mass is 322 g/mol. The van der Waals surface area contributed by atoms with Crippen LogP contribution in [0.25, 0.3) is 0 Å². The van der Waals surface area contributed by atoms with Crippen molar-refractivity contribution in [3.63, 3.8) is 0 Å². The van der Waals surface area contributed by atoms with Crippen LogP contribution in [-0.4, -0.2) is 36.1 Å². The smallest absolute Gasteiger partial charge is 0.317 e. The Morgan fingerprint density at radius 2 is 2.05 bits per heavy atom. The number of hydrogen-bond acceptors (Lipinski definition) is 3. The first-order valence-corrected chi connectivity index (χ1v) is 8.23. The molecule has 0 aliphatic carbocycles. The van der Waals surface area contributed by atoms with E-state index < -0.39 is 0 Å². The Labute approximate surface area is 136 Å². The lowest BCUT2D eigenvalue weighted by molar-refractivity contribution is 0.189. The Morgan fingerprint density at radius 3 is 2.77 bits per heavy atom. The number of fused-ring (bicyclic) bond motifs is 1. The van der Waals surface area contributed by atoms with Crippen molar-refractivity contribution >= 4 is 17.6 Å². The van der Waals surface area contributed by atoms with Gasteiger partial charge < -0.3 is 10.2 Å². The van der Waals surface area contributed by atoms with Crippen molar-refractivity contribution in [2.24, 2.45) is 5.92 Å². The van der Waals surface area contributed by atoms with Crippen LogP contribution in [-0.2, 0) is 13.0 Å². The van der Waals surface area contributed by atoms with Gasteiger partial charge in [0.25, 0.3) is 0 Å². The fourth-order valence-electron chi connectivity index (χ4n) is 3.28. The molecule has 0 aromatic heterocycles. The molecular formula is C16H23ClN4O. The molecule has 1 fully saturated rings. The second-order valence-corrected chi connectivity index (χ2v) is 6.74. The maximum Gasteiger partial charge on any atom is 0.317 e. The first-order chi connectivity index (χ1) is 10.5. The molecule has 1 saturated heterocycles. The van der Waals surface area contributed by atoms with E-state index in [1.54, 1.807) is 0 Å². The highest BCUT2D eigenvalue weighted by molar-refractivity contribution is 6.30. The molecule has 0 spiro atoms. The van der Waals surface area contributed by atoms with E-state index in [9.17, 15) is 4.79 Å².